The summed E-state index contributed by atoms with van der Waals surface area (Å²) >= 11 is 9.08. The third kappa shape index (κ3) is 4.56. The average molecular weight is 397 g/mol. The molecule has 0 amide bonds. The molecule has 0 aliphatic carbocycles. The molecule has 1 aromatic carbocycles. The van der Waals surface area contributed by atoms with E-state index in [1.165, 1.54) is 25.0 Å². The molecule has 5 nitrogen and oxygen atoms in total. The van der Waals surface area contributed by atoms with Crippen LogP contribution in [-0.2, 0) is 10.0 Å². The smallest absolute Gasteiger partial charge is 0.241 e. The number of nitrogen functional groups attached to an aromatic ring is 1. The van der Waals surface area contributed by atoms with Crippen LogP contribution >= 0.6 is 27.5 Å². The first-order valence-corrected chi connectivity index (χ1v) is 9.52. The van der Waals surface area contributed by atoms with E-state index >= 15 is 0 Å². The van der Waals surface area contributed by atoms with Crippen LogP contribution in [0.25, 0.3) is 0 Å². The van der Waals surface area contributed by atoms with Gasteiger partial charge in [-0.1, -0.05) is 11.6 Å². The number of halogens is 2. The van der Waals surface area contributed by atoms with Crippen LogP contribution in [0.3, 0.4) is 0 Å². The van der Waals surface area contributed by atoms with E-state index in [0.717, 1.165) is 26.1 Å². The lowest BCUT2D eigenvalue weighted by Gasteiger charge is -2.15. The van der Waals surface area contributed by atoms with Crippen LogP contribution in [0.4, 0.5) is 5.69 Å². The van der Waals surface area contributed by atoms with Crippen molar-refractivity contribution < 1.29 is 8.42 Å². The van der Waals surface area contributed by atoms with Crippen LogP contribution in [0.5, 0.6) is 0 Å². The summed E-state index contributed by atoms with van der Waals surface area (Å²) in [5, 5.41) is 0.299. The van der Waals surface area contributed by atoms with Crippen LogP contribution in [0.15, 0.2) is 21.5 Å². The summed E-state index contributed by atoms with van der Waals surface area (Å²) in [6, 6.07) is 2.91. The maximum atomic E-state index is 12.3. The predicted octanol–water partition coefficient (Wildman–Crippen LogP) is 2.45. The second-order valence-electron chi connectivity index (χ2n) is 5.11. The highest BCUT2D eigenvalue weighted by atomic mass is 79.9. The standard InChI is InChI=1S/C13H19BrClN3O2S/c14-13-11(16)8-10(15)9-12(13)21(19,20)17-4-3-7-18-5-1-2-6-18/h8-9,17H,1-7,16H2. The molecule has 1 saturated heterocycles. The number of hydrogen-bond donors (Lipinski definition) is 2. The zero-order chi connectivity index (χ0) is 15.5. The number of nitrogens with two attached hydrogens (primary N) is 1. The number of hydrogen-bond acceptors (Lipinski definition) is 4. The van der Waals surface area contributed by atoms with Crippen LogP contribution in [0, 0.1) is 0 Å². The molecule has 1 aliphatic rings. The Kier molecular flexibility index (Phi) is 5.90. The van der Waals surface area contributed by atoms with E-state index in [1.54, 1.807) is 0 Å². The van der Waals surface area contributed by atoms with Crippen LogP contribution in [0.2, 0.25) is 5.02 Å². The van der Waals surface area contributed by atoms with Crippen molar-refractivity contribution in [2.75, 3.05) is 31.9 Å². The first-order valence-electron chi connectivity index (χ1n) is 6.87. The Morgan fingerprint density at radius 2 is 2.00 bits per heavy atom. The third-order valence-corrected chi connectivity index (χ3v) is 6.31. The fourth-order valence-electron chi connectivity index (χ4n) is 2.37. The van der Waals surface area contributed by atoms with Crippen molar-refractivity contribution in [1.82, 2.24) is 9.62 Å². The molecule has 21 heavy (non-hydrogen) atoms. The van der Waals surface area contributed by atoms with E-state index in [4.69, 9.17) is 17.3 Å². The second kappa shape index (κ2) is 7.28. The van der Waals surface area contributed by atoms with Crippen molar-refractivity contribution in [3.8, 4) is 0 Å². The summed E-state index contributed by atoms with van der Waals surface area (Å²) in [7, 11) is -3.61. The van der Waals surface area contributed by atoms with Gasteiger partial charge < -0.3 is 10.6 Å². The predicted molar refractivity (Wildman–Crippen MR) is 89.0 cm³/mol. The first-order chi connectivity index (χ1) is 9.90. The van der Waals surface area contributed by atoms with Crippen molar-refractivity contribution in [3.63, 3.8) is 0 Å². The van der Waals surface area contributed by atoms with Crippen molar-refractivity contribution in [2.24, 2.45) is 0 Å². The number of rotatable bonds is 6. The molecule has 0 unspecified atom stereocenters. The van der Waals surface area contributed by atoms with Gasteiger partial charge in [-0.2, -0.15) is 0 Å². The summed E-state index contributed by atoms with van der Waals surface area (Å²) in [4.78, 5) is 2.43. The highest BCUT2D eigenvalue weighted by Gasteiger charge is 2.20. The number of likely N-dealkylation sites (tertiary alicyclic amines) is 1. The fourth-order valence-corrected chi connectivity index (χ4v) is 4.74. The molecular formula is C13H19BrClN3O2S. The monoisotopic (exact) mass is 395 g/mol. The van der Waals surface area contributed by atoms with E-state index in [-0.39, 0.29) is 4.90 Å². The second-order valence-corrected chi connectivity index (χ2v) is 8.07. The van der Waals surface area contributed by atoms with E-state index in [1.807, 2.05) is 0 Å². The Bertz CT molecular complexity index is 604. The maximum Gasteiger partial charge on any atom is 0.241 e. The normalized spacial score (nSPS) is 16.5. The van der Waals surface area contributed by atoms with E-state index in [0.29, 0.717) is 21.7 Å². The molecule has 118 valence electrons. The first kappa shape index (κ1) is 17.0. The molecule has 0 radical (unpaired) electrons. The van der Waals surface area contributed by atoms with Crippen molar-refractivity contribution in [1.29, 1.82) is 0 Å². The van der Waals surface area contributed by atoms with Gasteiger partial charge in [-0.05, 0) is 67.0 Å². The summed E-state index contributed by atoms with van der Waals surface area (Å²) in [6.45, 7) is 3.55. The number of sulfonamides is 1. The number of nitrogens with zero attached hydrogens (tertiary/aromatic N) is 1. The zero-order valence-corrected chi connectivity index (χ0v) is 14.8. The maximum absolute atomic E-state index is 12.3. The summed E-state index contributed by atoms with van der Waals surface area (Å²) in [6.07, 6.45) is 3.26. The quantitative estimate of drug-likeness (QED) is 0.572. The number of anilines is 1. The third-order valence-electron chi connectivity index (χ3n) is 3.46. The minimum absolute atomic E-state index is 0.0775. The van der Waals surface area contributed by atoms with Gasteiger partial charge in [0.1, 0.15) is 0 Å². The Morgan fingerprint density at radius 3 is 2.67 bits per heavy atom. The molecule has 2 rings (SSSR count). The van der Waals surface area contributed by atoms with Crippen molar-refractivity contribution >= 4 is 43.2 Å². The SMILES string of the molecule is Nc1cc(Cl)cc(S(=O)(=O)NCCCN2CCCC2)c1Br. The van der Waals surface area contributed by atoms with E-state index in [9.17, 15) is 8.42 Å². The van der Waals surface area contributed by atoms with Gasteiger partial charge in [0.05, 0.1) is 9.37 Å². The van der Waals surface area contributed by atoms with Gasteiger partial charge in [0.15, 0.2) is 0 Å². The lowest BCUT2D eigenvalue weighted by atomic mass is 10.3. The minimum atomic E-state index is -3.61. The summed E-state index contributed by atoms with van der Waals surface area (Å²) in [5.41, 5.74) is 6.03. The molecule has 0 spiro atoms. The lowest BCUT2D eigenvalue weighted by Crippen LogP contribution is -2.29. The number of nitrogens with one attached hydrogen (secondary N) is 1. The Hall–Kier alpha value is -0.340. The largest absolute Gasteiger partial charge is 0.398 e. The highest BCUT2D eigenvalue weighted by molar-refractivity contribution is 9.10. The van der Waals surface area contributed by atoms with Crippen LogP contribution < -0.4 is 10.5 Å². The molecule has 0 atom stereocenters. The minimum Gasteiger partial charge on any atom is -0.398 e. The van der Waals surface area contributed by atoms with Crippen molar-refractivity contribution in [3.05, 3.63) is 21.6 Å². The summed E-state index contributed by atoms with van der Waals surface area (Å²) < 4.78 is 27.5. The van der Waals surface area contributed by atoms with Crippen LogP contribution in [-0.4, -0.2) is 39.5 Å². The van der Waals surface area contributed by atoms with Gasteiger partial charge in [-0.15, -0.1) is 0 Å². The molecule has 0 saturated carbocycles. The van der Waals surface area contributed by atoms with E-state index < -0.39 is 10.0 Å². The highest BCUT2D eigenvalue weighted by Crippen LogP contribution is 2.31. The summed E-state index contributed by atoms with van der Waals surface area (Å²) in [5.74, 6) is 0. The van der Waals surface area contributed by atoms with Gasteiger partial charge in [0, 0.05) is 17.3 Å². The fraction of sp³-hybridized carbons (Fsp3) is 0.538. The zero-order valence-electron chi connectivity index (χ0n) is 11.6. The van der Waals surface area contributed by atoms with Crippen molar-refractivity contribution in [2.45, 2.75) is 24.2 Å². The molecule has 1 aliphatic heterocycles. The Balaban J connectivity index is 1.95. The molecule has 0 aromatic heterocycles. The van der Waals surface area contributed by atoms with Gasteiger partial charge in [-0.3, -0.25) is 0 Å². The topological polar surface area (TPSA) is 75.4 Å². The van der Waals surface area contributed by atoms with Gasteiger partial charge in [-0.25, -0.2) is 13.1 Å². The van der Waals surface area contributed by atoms with Crippen LogP contribution in [0.1, 0.15) is 19.3 Å². The van der Waals surface area contributed by atoms with Gasteiger partial charge in [0.2, 0.25) is 10.0 Å². The lowest BCUT2D eigenvalue weighted by molar-refractivity contribution is 0.334. The molecule has 3 N–H and O–H groups in total. The average Bonchev–Trinajstić information content (AvgIpc) is 2.92. The molecule has 1 fully saturated rings. The molecule has 0 bridgehead atoms. The Labute approximate surface area is 139 Å². The van der Waals surface area contributed by atoms with E-state index in [2.05, 4.69) is 25.6 Å². The van der Waals surface area contributed by atoms with Gasteiger partial charge in [0.25, 0.3) is 0 Å². The molecular weight excluding hydrogens is 378 g/mol. The molecule has 1 heterocycles. The molecule has 8 heteroatoms. The number of benzene rings is 1. The van der Waals surface area contributed by atoms with Gasteiger partial charge >= 0.3 is 0 Å². The Morgan fingerprint density at radius 1 is 1.33 bits per heavy atom. The molecule has 1 aromatic rings.